The molecule has 0 spiro atoms. The number of carbonyl (C=O) groups excluding carboxylic acids is 2. The first kappa shape index (κ1) is 17.1. The van der Waals surface area contributed by atoms with Crippen molar-refractivity contribution in [3.8, 4) is 0 Å². The molecule has 1 saturated heterocycles. The number of anilines is 1. The van der Waals surface area contributed by atoms with Crippen LogP contribution in [0.25, 0.3) is 10.9 Å². The molecule has 2 heterocycles. The number of hydrogen-bond donors (Lipinski definition) is 2. The van der Waals surface area contributed by atoms with Crippen LogP contribution in [0.4, 0.5) is 10.5 Å². The van der Waals surface area contributed by atoms with Crippen LogP contribution in [0.3, 0.4) is 0 Å². The number of nitrogens with zero attached hydrogens (tertiary/aromatic N) is 3. The highest BCUT2D eigenvalue weighted by atomic mass is 16.5. The van der Waals surface area contributed by atoms with Crippen LogP contribution >= 0.6 is 0 Å². The van der Waals surface area contributed by atoms with Crippen LogP contribution in [0.2, 0.25) is 0 Å². The van der Waals surface area contributed by atoms with Crippen LogP contribution in [-0.2, 0) is 13.6 Å². The third-order valence-electron chi connectivity index (χ3n) is 4.98. The quantitative estimate of drug-likeness (QED) is 0.552. The number of amides is 3. The maximum Gasteiger partial charge on any atom is 0.324 e. The zero-order chi connectivity index (χ0) is 19.0. The van der Waals surface area contributed by atoms with Crippen molar-refractivity contribution in [1.82, 2.24) is 14.9 Å². The van der Waals surface area contributed by atoms with Gasteiger partial charge in [-0.3, -0.25) is 14.9 Å². The molecule has 1 aliphatic rings. The third kappa shape index (κ3) is 3.02. The van der Waals surface area contributed by atoms with Crippen molar-refractivity contribution >= 4 is 28.5 Å². The summed E-state index contributed by atoms with van der Waals surface area (Å²) in [5, 5.41) is 9.85. The second-order valence-electron chi connectivity index (χ2n) is 6.63. The van der Waals surface area contributed by atoms with E-state index in [9.17, 15) is 9.59 Å². The molecule has 7 heteroatoms. The monoisotopic (exact) mass is 364 g/mol. The summed E-state index contributed by atoms with van der Waals surface area (Å²) in [6.07, 6.45) is 2.07. The lowest BCUT2D eigenvalue weighted by Gasteiger charge is -2.18. The van der Waals surface area contributed by atoms with Gasteiger partial charge >= 0.3 is 6.03 Å². The summed E-state index contributed by atoms with van der Waals surface area (Å²) in [5.74, 6) is -0.577. The van der Waals surface area contributed by atoms with Crippen molar-refractivity contribution < 1.29 is 14.8 Å². The summed E-state index contributed by atoms with van der Waals surface area (Å²) in [5.41, 5.74) is 4.94. The largest absolute Gasteiger partial charge is 0.350 e. The Labute approximate surface area is 156 Å². The number of hydroxylamine groups is 1. The van der Waals surface area contributed by atoms with E-state index >= 15 is 0 Å². The number of hydrogen-bond acceptors (Lipinski definition) is 3. The van der Waals surface area contributed by atoms with Gasteiger partial charge in [-0.25, -0.2) is 10.3 Å². The van der Waals surface area contributed by atoms with Crippen molar-refractivity contribution in [2.24, 2.45) is 7.05 Å². The van der Waals surface area contributed by atoms with Gasteiger partial charge in [-0.1, -0.05) is 18.2 Å². The first-order chi connectivity index (χ1) is 13.1. The predicted octanol–water partition coefficient (Wildman–Crippen LogP) is 2.74. The van der Waals surface area contributed by atoms with E-state index in [1.165, 1.54) is 0 Å². The van der Waals surface area contributed by atoms with Gasteiger partial charge in [0.05, 0.1) is 0 Å². The van der Waals surface area contributed by atoms with Crippen molar-refractivity contribution in [1.29, 1.82) is 0 Å². The molecule has 0 atom stereocenters. The van der Waals surface area contributed by atoms with Gasteiger partial charge in [0.1, 0.15) is 0 Å². The van der Waals surface area contributed by atoms with Crippen LogP contribution < -0.4 is 10.4 Å². The Balaban J connectivity index is 1.52. The molecule has 3 aromatic rings. The number of carbonyl (C=O) groups is 2. The van der Waals surface area contributed by atoms with Gasteiger partial charge in [0, 0.05) is 55.0 Å². The highest BCUT2D eigenvalue weighted by Crippen LogP contribution is 2.26. The number of aryl methyl sites for hydroxylation is 1. The van der Waals surface area contributed by atoms with Gasteiger partial charge in [0.2, 0.25) is 0 Å². The lowest BCUT2D eigenvalue weighted by atomic mass is 10.1. The van der Waals surface area contributed by atoms with Gasteiger partial charge in [0.15, 0.2) is 0 Å². The second-order valence-corrected chi connectivity index (χ2v) is 6.63. The molecule has 4 rings (SSSR count). The Bertz CT molecular complexity index is 1010. The van der Waals surface area contributed by atoms with Gasteiger partial charge in [-0.2, -0.15) is 0 Å². The van der Waals surface area contributed by atoms with Crippen LogP contribution in [-0.4, -0.2) is 39.7 Å². The fraction of sp³-hybridized carbons (Fsp3) is 0.200. The van der Waals surface area contributed by atoms with Crippen molar-refractivity contribution in [2.45, 2.75) is 6.54 Å². The molecule has 0 saturated carbocycles. The maximum atomic E-state index is 12.9. The van der Waals surface area contributed by atoms with Crippen LogP contribution in [0.1, 0.15) is 15.9 Å². The Morgan fingerprint density at radius 1 is 1.11 bits per heavy atom. The van der Waals surface area contributed by atoms with E-state index in [0.29, 0.717) is 25.2 Å². The van der Waals surface area contributed by atoms with E-state index in [2.05, 4.69) is 22.9 Å². The second kappa shape index (κ2) is 6.77. The summed E-state index contributed by atoms with van der Waals surface area (Å²) in [6.45, 7) is 1.79. The maximum absolute atomic E-state index is 12.9. The fourth-order valence-corrected chi connectivity index (χ4v) is 3.58. The van der Waals surface area contributed by atoms with Gasteiger partial charge in [0.25, 0.3) is 5.91 Å². The van der Waals surface area contributed by atoms with Crippen molar-refractivity contribution in [3.63, 3.8) is 0 Å². The number of nitrogens with one attached hydrogen (secondary N) is 1. The molecular weight excluding hydrogens is 344 g/mol. The number of para-hydroxylation sites is 1. The van der Waals surface area contributed by atoms with Gasteiger partial charge < -0.3 is 9.47 Å². The van der Waals surface area contributed by atoms with E-state index in [1.54, 1.807) is 34.6 Å². The highest BCUT2D eigenvalue weighted by molar-refractivity contribution is 5.97. The summed E-state index contributed by atoms with van der Waals surface area (Å²) >= 11 is 0. The van der Waals surface area contributed by atoms with Crippen molar-refractivity contribution in [3.05, 3.63) is 65.9 Å². The van der Waals surface area contributed by atoms with Crippen LogP contribution in [0.5, 0.6) is 0 Å². The lowest BCUT2D eigenvalue weighted by molar-refractivity contribution is 0.0706. The zero-order valence-corrected chi connectivity index (χ0v) is 14.9. The number of rotatable bonds is 4. The first-order valence-electron chi connectivity index (χ1n) is 8.72. The summed E-state index contributed by atoms with van der Waals surface area (Å²) < 4.78 is 2.08. The van der Waals surface area contributed by atoms with Gasteiger partial charge in [-0.15, -0.1) is 0 Å². The van der Waals surface area contributed by atoms with Gasteiger partial charge in [-0.05, 0) is 35.9 Å². The molecule has 7 nitrogen and oxygen atoms in total. The molecule has 138 valence electrons. The van der Waals surface area contributed by atoms with E-state index in [1.807, 2.05) is 24.1 Å². The number of benzene rings is 2. The first-order valence-corrected chi connectivity index (χ1v) is 8.72. The molecule has 0 bridgehead atoms. The fourth-order valence-electron chi connectivity index (χ4n) is 3.58. The Morgan fingerprint density at radius 2 is 1.85 bits per heavy atom. The van der Waals surface area contributed by atoms with Crippen LogP contribution in [0.15, 0.2) is 54.7 Å². The smallest absolute Gasteiger partial charge is 0.324 e. The summed E-state index contributed by atoms with van der Waals surface area (Å²) in [4.78, 5) is 27.8. The lowest BCUT2D eigenvalue weighted by Crippen LogP contribution is -2.31. The normalized spacial score (nSPS) is 14.2. The average Bonchev–Trinajstić information content (AvgIpc) is 3.22. The molecule has 1 aromatic heterocycles. The Hall–Kier alpha value is -3.32. The number of fused-ring (bicyclic) bond motifs is 1. The topological polar surface area (TPSA) is 77.8 Å². The molecular formula is C20H20N4O3. The predicted molar refractivity (Wildman–Crippen MR) is 102 cm³/mol. The number of urea groups is 1. The minimum atomic E-state index is -0.577. The standard InChI is InChI=1S/C20H20N4O3/c1-22-12-15(17-4-2-3-5-18(17)22)13-23-10-11-24(20(23)26)16-8-6-14(7-9-16)19(25)21-27/h2-9,12,27H,10-11,13H2,1H3,(H,21,25). The molecule has 2 N–H and O–H groups in total. The van der Waals surface area contributed by atoms with E-state index in [4.69, 9.17) is 5.21 Å². The summed E-state index contributed by atoms with van der Waals surface area (Å²) in [7, 11) is 2.01. The number of aromatic nitrogens is 1. The van der Waals surface area contributed by atoms with E-state index < -0.39 is 5.91 Å². The molecule has 2 aromatic carbocycles. The van der Waals surface area contributed by atoms with E-state index in [-0.39, 0.29) is 6.03 Å². The SMILES string of the molecule is Cn1cc(CN2CCN(c3ccc(C(=O)NO)cc3)C2=O)c2ccccc21. The minimum absolute atomic E-state index is 0.0534. The Morgan fingerprint density at radius 3 is 2.59 bits per heavy atom. The molecule has 1 fully saturated rings. The average molecular weight is 364 g/mol. The van der Waals surface area contributed by atoms with Crippen molar-refractivity contribution in [2.75, 3.05) is 18.0 Å². The zero-order valence-electron chi connectivity index (χ0n) is 14.9. The highest BCUT2D eigenvalue weighted by Gasteiger charge is 2.30. The minimum Gasteiger partial charge on any atom is -0.350 e. The molecule has 0 radical (unpaired) electrons. The molecule has 0 unspecified atom stereocenters. The molecule has 0 aliphatic carbocycles. The molecule has 27 heavy (non-hydrogen) atoms. The Kier molecular flexibility index (Phi) is 4.29. The molecule has 3 amide bonds. The van der Waals surface area contributed by atoms with E-state index in [0.717, 1.165) is 22.2 Å². The molecule has 1 aliphatic heterocycles. The third-order valence-corrected chi connectivity index (χ3v) is 4.98. The summed E-state index contributed by atoms with van der Waals surface area (Å²) in [6, 6.07) is 14.7. The van der Waals surface area contributed by atoms with Crippen LogP contribution in [0, 0.1) is 0 Å².